The maximum atomic E-state index is 10.8. The van der Waals surface area contributed by atoms with E-state index in [4.69, 9.17) is 5.11 Å². The molecule has 1 atom stereocenters. The van der Waals surface area contributed by atoms with Crippen molar-refractivity contribution >= 4 is 11.5 Å². The molecular formula is C12H10O3. The van der Waals surface area contributed by atoms with Gasteiger partial charge >= 0.3 is 5.97 Å². The molecule has 0 amide bonds. The van der Waals surface area contributed by atoms with Gasteiger partial charge in [0.25, 0.3) is 0 Å². The number of benzene rings is 1. The molecule has 3 heteroatoms. The zero-order valence-corrected chi connectivity index (χ0v) is 7.97. The molecule has 1 aromatic carbocycles. The Morgan fingerprint density at radius 1 is 1.33 bits per heavy atom. The fourth-order valence-corrected chi connectivity index (χ4v) is 1.72. The van der Waals surface area contributed by atoms with Crippen molar-refractivity contribution in [3.63, 3.8) is 0 Å². The van der Waals surface area contributed by atoms with Crippen LogP contribution in [0.2, 0.25) is 0 Å². The van der Waals surface area contributed by atoms with E-state index >= 15 is 0 Å². The van der Waals surface area contributed by atoms with Gasteiger partial charge in [-0.1, -0.05) is 30.8 Å². The average Bonchev–Trinajstić information content (AvgIpc) is 2.56. The maximum absolute atomic E-state index is 10.8. The fourth-order valence-electron chi connectivity index (χ4n) is 1.72. The quantitative estimate of drug-likeness (QED) is 0.718. The Morgan fingerprint density at radius 3 is 2.67 bits per heavy atom. The second-order valence-corrected chi connectivity index (χ2v) is 3.40. The molecule has 0 saturated carbocycles. The number of hydrogen-bond donors (Lipinski definition) is 2. The third-order valence-electron chi connectivity index (χ3n) is 2.48. The first-order valence-electron chi connectivity index (χ1n) is 4.53. The Bertz CT molecular complexity index is 472. The molecule has 0 fully saturated rings. The van der Waals surface area contributed by atoms with Crippen molar-refractivity contribution in [2.45, 2.75) is 6.10 Å². The normalized spacial score (nSPS) is 18.2. The SMILES string of the molecule is C=C(C(=O)O)C1=CC(O)c2ccccc21. The number of hydrogen-bond acceptors (Lipinski definition) is 2. The molecule has 1 aromatic rings. The van der Waals surface area contributed by atoms with Crippen LogP contribution >= 0.6 is 0 Å². The van der Waals surface area contributed by atoms with Crippen molar-refractivity contribution in [2.24, 2.45) is 0 Å². The maximum Gasteiger partial charge on any atom is 0.335 e. The standard InChI is InChI=1S/C12H10O3/c1-7(12(14)15)10-6-11(13)9-5-3-2-4-8(9)10/h2-6,11,13H,1H2,(H,14,15). The Balaban J connectivity index is 2.50. The minimum atomic E-state index is -1.06. The molecule has 1 unspecified atom stereocenters. The monoisotopic (exact) mass is 202 g/mol. The van der Waals surface area contributed by atoms with Crippen LogP contribution in [0.5, 0.6) is 0 Å². The molecule has 0 aromatic heterocycles. The molecule has 76 valence electrons. The lowest BCUT2D eigenvalue weighted by molar-refractivity contribution is -0.132. The largest absolute Gasteiger partial charge is 0.478 e. The number of rotatable bonds is 2. The van der Waals surface area contributed by atoms with Crippen LogP contribution in [0.3, 0.4) is 0 Å². The van der Waals surface area contributed by atoms with E-state index in [1.54, 1.807) is 18.2 Å². The summed E-state index contributed by atoms with van der Waals surface area (Å²) in [6.07, 6.45) is 0.786. The summed E-state index contributed by atoms with van der Waals surface area (Å²) in [7, 11) is 0. The van der Waals surface area contributed by atoms with Gasteiger partial charge in [0.05, 0.1) is 11.7 Å². The molecule has 0 saturated heterocycles. The Kier molecular flexibility index (Phi) is 2.17. The molecule has 0 heterocycles. The third kappa shape index (κ3) is 1.47. The van der Waals surface area contributed by atoms with Crippen LogP contribution < -0.4 is 0 Å². The summed E-state index contributed by atoms with van der Waals surface area (Å²) in [6.45, 7) is 3.49. The molecule has 2 rings (SSSR count). The van der Waals surface area contributed by atoms with E-state index in [1.165, 1.54) is 6.08 Å². The van der Waals surface area contributed by atoms with Crippen LogP contribution in [0.4, 0.5) is 0 Å². The van der Waals surface area contributed by atoms with Gasteiger partial charge in [0.15, 0.2) is 0 Å². The van der Waals surface area contributed by atoms with Crippen molar-refractivity contribution in [2.75, 3.05) is 0 Å². The lowest BCUT2D eigenvalue weighted by atomic mass is 10.0. The van der Waals surface area contributed by atoms with E-state index in [1.807, 2.05) is 6.07 Å². The second kappa shape index (κ2) is 3.37. The molecule has 1 aliphatic carbocycles. The van der Waals surface area contributed by atoms with Gasteiger partial charge in [-0.3, -0.25) is 0 Å². The number of aliphatic hydroxyl groups excluding tert-OH is 1. The van der Waals surface area contributed by atoms with E-state index in [9.17, 15) is 9.90 Å². The number of carbonyl (C=O) groups is 1. The van der Waals surface area contributed by atoms with Gasteiger partial charge in [-0.25, -0.2) is 4.79 Å². The van der Waals surface area contributed by atoms with Crippen LogP contribution in [0.1, 0.15) is 17.2 Å². The highest BCUT2D eigenvalue weighted by molar-refractivity contribution is 6.06. The molecule has 3 nitrogen and oxygen atoms in total. The van der Waals surface area contributed by atoms with Gasteiger partial charge in [0.1, 0.15) is 0 Å². The van der Waals surface area contributed by atoms with Gasteiger partial charge in [-0.2, -0.15) is 0 Å². The van der Waals surface area contributed by atoms with Crippen molar-refractivity contribution < 1.29 is 15.0 Å². The predicted molar refractivity (Wildman–Crippen MR) is 56.2 cm³/mol. The summed E-state index contributed by atoms with van der Waals surface area (Å²) >= 11 is 0. The molecule has 0 bridgehead atoms. The van der Waals surface area contributed by atoms with Crippen molar-refractivity contribution in [1.82, 2.24) is 0 Å². The van der Waals surface area contributed by atoms with Gasteiger partial charge in [-0.15, -0.1) is 0 Å². The van der Waals surface area contributed by atoms with E-state index in [-0.39, 0.29) is 5.57 Å². The van der Waals surface area contributed by atoms with Crippen molar-refractivity contribution in [1.29, 1.82) is 0 Å². The number of carboxylic acid groups (broad SMARTS) is 1. The van der Waals surface area contributed by atoms with Crippen LogP contribution in [0.15, 0.2) is 42.5 Å². The van der Waals surface area contributed by atoms with Gasteiger partial charge in [0, 0.05) is 0 Å². The van der Waals surface area contributed by atoms with Gasteiger partial charge < -0.3 is 10.2 Å². The summed E-state index contributed by atoms with van der Waals surface area (Å²) in [4.78, 5) is 10.8. The van der Waals surface area contributed by atoms with Gasteiger partial charge in [0.2, 0.25) is 0 Å². The zero-order valence-electron chi connectivity index (χ0n) is 7.97. The summed E-state index contributed by atoms with van der Waals surface area (Å²) in [6, 6.07) is 7.17. The van der Waals surface area contributed by atoms with Crippen LogP contribution in [-0.2, 0) is 4.79 Å². The molecular weight excluding hydrogens is 192 g/mol. The number of carboxylic acids is 1. The summed E-state index contributed by atoms with van der Waals surface area (Å²) in [5, 5.41) is 18.5. The van der Waals surface area contributed by atoms with Crippen LogP contribution in [0.25, 0.3) is 5.57 Å². The highest BCUT2D eigenvalue weighted by atomic mass is 16.4. The van der Waals surface area contributed by atoms with E-state index in [0.29, 0.717) is 5.57 Å². The lowest BCUT2D eigenvalue weighted by Gasteiger charge is -2.05. The molecule has 0 aliphatic heterocycles. The smallest absolute Gasteiger partial charge is 0.335 e. The van der Waals surface area contributed by atoms with Crippen molar-refractivity contribution in [3.05, 3.63) is 53.6 Å². The Morgan fingerprint density at radius 2 is 2.00 bits per heavy atom. The molecule has 1 aliphatic rings. The number of aliphatic hydroxyl groups is 1. The number of aliphatic carboxylic acids is 1. The van der Waals surface area contributed by atoms with Gasteiger partial charge in [-0.05, 0) is 22.8 Å². The summed E-state index contributed by atoms with van der Waals surface area (Å²) in [5.41, 5.74) is 2.00. The fraction of sp³-hybridized carbons (Fsp3) is 0.0833. The van der Waals surface area contributed by atoms with E-state index in [0.717, 1.165) is 11.1 Å². The van der Waals surface area contributed by atoms with Crippen LogP contribution in [0, 0.1) is 0 Å². The predicted octanol–water partition coefficient (Wildman–Crippen LogP) is 1.76. The average molecular weight is 202 g/mol. The second-order valence-electron chi connectivity index (χ2n) is 3.40. The third-order valence-corrected chi connectivity index (χ3v) is 2.48. The number of fused-ring (bicyclic) bond motifs is 1. The minimum Gasteiger partial charge on any atom is -0.478 e. The lowest BCUT2D eigenvalue weighted by Crippen LogP contribution is -2.00. The first-order valence-corrected chi connectivity index (χ1v) is 4.53. The Hall–Kier alpha value is -1.87. The van der Waals surface area contributed by atoms with Crippen molar-refractivity contribution in [3.8, 4) is 0 Å². The first kappa shape index (κ1) is 9.68. The minimum absolute atomic E-state index is 0.0130. The first-order chi connectivity index (χ1) is 7.11. The summed E-state index contributed by atoms with van der Waals surface area (Å²) in [5.74, 6) is -1.06. The highest BCUT2D eigenvalue weighted by Gasteiger charge is 2.24. The Labute approximate surface area is 87.0 Å². The molecule has 15 heavy (non-hydrogen) atoms. The highest BCUT2D eigenvalue weighted by Crippen LogP contribution is 2.37. The van der Waals surface area contributed by atoms with E-state index in [2.05, 4.69) is 6.58 Å². The zero-order chi connectivity index (χ0) is 11.0. The summed E-state index contributed by atoms with van der Waals surface area (Å²) < 4.78 is 0. The molecule has 0 radical (unpaired) electrons. The van der Waals surface area contributed by atoms with Crippen LogP contribution in [-0.4, -0.2) is 16.2 Å². The topological polar surface area (TPSA) is 57.5 Å². The molecule has 0 spiro atoms. The molecule has 2 N–H and O–H groups in total. The van der Waals surface area contributed by atoms with E-state index < -0.39 is 12.1 Å².